The van der Waals surface area contributed by atoms with Crippen molar-refractivity contribution in [3.63, 3.8) is 0 Å². The van der Waals surface area contributed by atoms with Gasteiger partial charge in [0, 0.05) is 32.3 Å². The second-order valence-corrected chi connectivity index (χ2v) is 8.73. The van der Waals surface area contributed by atoms with Gasteiger partial charge in [-0.25, -0.2) is 9.18 Å². The van der Waals surface area contributed by atoms with Gasteiger partial charge in [-0.2, -0.15) is 13.2 Å². The van der Waals surface area contributed by atoms with Gasteiger partial charge in [0.25, 0.3) is 5.91 Å². The zero-order valence-corrected chi connectivity index (χ0v) is 18.7. The lowest BCUT2D eigenvalue weighted by Gasteiger charge is -2.32. The van der Waals surface area contributed by atoms with Crippen molar-refractivity contribution >= 4 is 17.8 Å². The molecule has 4 rings (SSSR count). The van der Waals surface area contributed by atoms with Crippen molar-refractivity contribution < 1.29 is 31.9 Å². The van der Waals surface area contributed by atoms with Gasteiger partial charge < -0.3 is 15.1 Å². The first kappa shape index (κ1) is 23.8. The first-order valence-electron chi connectivity index (χ1n) is 10.8. The van der Waals surface area contributed by atoms with Crippen molar-refractivity contribution in [2.45, 2.75) is 44.1 Å². The molecule has 1 unspecified atom stereocenters. The third-order valence-corrected chi connectivity index (χ3v) is 6.63. The van der Waals surface area contributed by atoms with E-state index in [-0.39, 0.29) is 12.0 Å². The number of amides is 4. The Kier molecular flexibility index (Phi) is 5.91. The van der Waals surface area contributed by atoms with Gasteiger partial charge in [-0.3, -0.25) is 14.5 Å². The first-order valence-corrected chi connectivity index (χ1v) is 10.8. The quantitative estimate of drug-likeness (QED) is 0.520. The number of imide groups is 1. The van der Waals surface area contributed by atoms with E-state index < -0.39 is 54.5 Å². The second-order valence-electron chi connectivity index (χ2n) is 8.73. The van der Waals surface area contributed by atoms with E-state index in [2.05, 4.69) is 5.32 Å². The van der Waals surface area contributed by atoms with Crippen molar-refractivity contribution in [1.82, 2.24) is 20.0 Å². The Morgan fingerprint density at radius 1 is 1.24 bits per heavy atom. The van der Waals surface area contributed by atoms with Crippen LogP contribution in [0.25, 0.3) is 0 Å². The number of hydrogen-bond donors (Lipinski definition) is 1. The fourth-order valence-corrected chi connectivity index (χ4v) is 4.63. The maximum Gasteiger partial charge on any atom is 0.408 e. The average molecular weight is 480 g/mol. The number of rotatable bonds is 5. The minimum absolute atomic E-state index is 0.202. The molecule has 34 heavy (non-hydrogen) atoms. The van der Waals surface area contributed by atoms with E-state index in [9.17, 15) is 31.9 Å². The summed E-state index contributed by atoms with van der Waals surface area (Å²) in [6.45, 7) is 0.188. The minimum Gasteiger partial charge on any atom is -0.374 e. The first-order chi connectivity index (χ1) is 15.9. The molecule has 4 amide bonds. The molecule has 1 aromatic rings. The van der Waals surface area contributed by atoms with Gasteiger partial charge in [-0.1, -0.05) is 18.2 Å². The molecule has 1 spiro atoms. The van der Waals surface area contributed by atoms with Gasteiger partial charge in [0.2, 0.25) is 5.91 Å². The van der Waals surface area contributed by atoms with Crippen LogP contribution in [0.1, 0.15) is 25.3 Å². The summed E-state index contributed by atoms with van der Waals surface area (Å²) >= 11 is 0. The number of hydrogen-bond acceptors (Lipinski definition) is 4. The van der Waals surface area contributed by atoms with Crippen molar-refractivity contribution in [3.8, 4) is 0 Å². The highest BCUT2D eigenvalue weighted by Crippen LogP contribution is 2.41. The molecule has 11 heteroatoms. The normalized spacial score (nSPS) is 23.0. The number of nitrogens with zero attached hydrogens (tertiary/aromatic N) is 3. The third kappa shape index (κ3) is 4.03. The van der Waals surface area contributed by atoms with E-state index in [0.717, 1.165) is 30.3 Å². The number of benzene rings is 1. The number of nitrogens with one attached hydrogen (secondary N) is 1. The Morgan fingerprint density at radius 2 is 1.91 bits per heavy atom. The molecular formula is C23H24F4N4O3. The molecule has 1 aromatic carbocycles. The molecule has 0 bridgehead atoms. The zero-order chi connectivity index (χ0) is 24.8. The van der Waals surface area contributed by atoms with Gasteiger partial charge in [0.05, 0.1) is 0 Å². The molecule has 182 valence electrons. The Bertz CT molecular complexity index is 1080. The van der Waals surface area contributed by atoms with Crippen LogP contribution in [0.4, 0.5) is 22.4 Å². The molecule has 0 saturated carbocycles. The van der Waals surface area contributed by atoms with Gasteiger partial charge in [0.15, 0.2) is 0 Å². The van der Waals surface area contributed by atoms with Gasteiger partial charge in [-0.05, 0) is 42.7 Å². The van der Waals surface area contributed by atoms with Crippen molar-refractivity contribution in [1.29, 1.82) is 0 Å². The molecule has 7 nitrogen and oxygen atoms in total. The molecule has 2 aliphatic heterocycles. The van der Waals surface area contributed by atoms with Crippen molar-refractivity contribution in [2.24, 2.45) is 0 Å². The number of fused-ring (bicyclic) bond motifs is 1. The smallest absolute Gasteiger partial charge is 0.374 e. The number of carbonyl (C=O) groups excluding carboxylic acids is 3. The van der Waals surface area contributed by atoms with Gasteiger partial charge >= 0.3 is 12.2 Å². The van der Waals surface area contributed by atoms with Crippen LogP contribution in [0.2, 0.25) is 0 Å². The molecular weight excluding hydrogens is 456 g/mol. The number of alkyl halides is 3. The molecule has 1 saturated heterocycles. The lowest BCUT2D eigenvalue weighted by atomic mass is 9.81. The second kappa shape index (κ2) is 8.44. The highest BCUT2D eigenvalue weighted by atomic mass is 19.4. The topological polar surface area (TPSA) is 73.0 Å². The summed E-state index contributed by atoms with van der Waals surface area (Å²) < 4.78 is 53.8. The monoisotopic (exact) mass is 480 g/mol. The van der Waals surface area contributed by atoms with Crippen LogP contribution in [-0.4, -0.2) is 70.4 Å². The third-order valence-electron chi connectivity index (χ3n) is 6.63. The fraction of sp³-hybridized carbons (Fsp3) is 0.435. The maximum absolute atomic E-state index is 13.5. The highest BCUT2D eigenvalue weighted by Gasteiger charge is 2.56. The standard InChI is InChI=1S/C23H24F4N4O3/c1-14(23(25,26)27)30(12-15-5-7-16(24)8-6-15)19(32)13-31-20(33)22(28-21(31)34)10-3-4-18-17(22)9-11-29(18)2/h3-8,14H,9-13H2,1-2H3,(H,28,34)/t14-,22?/m0/s1. The molecule has 2 heterocycles. The van der Waals surface area contributed by atoms with E-state index in [1.807, 2.05) is 18.0 Å². The lowest BCUT2D eigenvalue weighted by Crippen LogP contribution is -2.52. The van der Waals surface area contributed by atoms with E-state index in [0.29, 0.717) is 22.8 Å². The summed E-state index contributed by atoms with van der Waals surface area (Å²) in [5, 5.41) is 2.69. The highest BCUT2D eigenvalue weighted by molar-refractivity contribution is 6.11. The number of carbonyl (C=O) groups is 3. The van der Waals surface area contributed by atoms with Crippen LogP contribution in [-0.2, 0) is 16.1 Å². The summed E-state index contributed by atoms with van der Waals surface area (Å²) in [6, 6.07) is 1.71. The van der Waals surface area contributed by atoms with E-state index in [1.54, 1.807) is 6.08 Å². The number of urea groups is 1. The molecule has 1 aliphatic carbocycles. The fourth-order valence-electron chi connectivity index (χ4n) is 4.63. The lowest BCUT2D eigenvalue weighted by molar-refractivity contribution is -0.187. The Labute approximate surface area is 193 Å². The summed E-state index contributed by atoms with van der Waals surface area (Å²) in [7, 11) is 1.86. The van der Waals surface area contributed by atoms with Crippen LogP contribution in [0.15, 0.2) is 47.7 Å². The maximum atomic E-state index is 13.5. The molecule has 1 fully saturated rings. The summed E-state index contributed by atoms with van der Waals surface area (Å²) in [4.78, 5) is 42.4. The predicted octanol–water partition coefficient (Wildman–Crippen LogP) is 2.95. The molecule has 0 radical (unpaired) electrons. The van der Waals surface area contributed by atoms with Gasteiger partial charge in [-0.15, -0.1) is 0 Å². The largest absolute Gasteiger partial charge is 0.408 e. The molecule has 0 aromatic heterocycles. The molecule has 2 atom stereocenters. The van der Waals surface area contributed by atoms with Crippen molar-refractivity contribution in [3.05, 3.63) is 59.1 Å². The number of likely N-dealkylation sites (N-methyl/N-ethyl adjacent to an activating group) is 1. The number of allylic oxidation sites excluding steroid dienone is 1. The van der Waals surface area contributed by atoms with Crippen LogP contribution < -0.4 is 5.32 Å². The van der Waals surface area contributed by atoms with Crippen LogP contribution in [0.5, 0.6) is 0 Å². The Balaban J connectivity index is 1.58. The zero-order valence-electron chi connectivity index (χ0n) is 18.7. The predicted molar refractivity (Wildman–Crippen MR) is 113 cm³/mol. The summed E-state index contributed by atoms with van der Waals surface area (Å²) in [5.41, 5.74) is 0.499. The number of halogens is 4. The molecule has 1 N–H and O–H groups in total. The van der Waals surface area contributed by atoms with E-state index >= 15 is 0 Å². The van der Waals surface area contributed by atoms with Crippen LogP contribution in [0.3, 0.4) is 0 Å². The van der Waals surface area contributed by atoms with Crippen LogP contribution in [0, 0.1) is 5.82 Å². The minimum atomic E-state index is -4.74. The Morgan fingerprint density at radius 3 is 2.56 bits per heavy atom. The SMILES string of the molecule is C[C@H](N(Cc1ccc(F)cc1)C(=O)CN1C(=O)NC2(CC=CC3=C2CCN3C)C1=O)C(F)(F)F. The van der Waals surface area contributed by atoms with E-state index in [1.165, 1.54) is 12.1 Å². The van der Waals surface area contributed by atoms with Gasteiger partial charge in [0.1, 0.15) is 23.9 Å². The van der Waals surface area contributed by atoms with E-state index in [4.69, 9.17) is 0 Å². The summed E-state index contributed by atoms with van der Waals surface area (Å²) in [5.74, 6) is -2.26. The summed E-state index contributed by atoms with van der Waals surface area (Å²) in [6.07, 6.45) is -0.359. The van der Waals surface area contributed by atoms with Crippen molar-refractivity contribution in [2.75, 3.05) is 20.1 Å². The average Bonchev–Trinajstić information content (AvgIpc) is 3.26. The van der Waals surface area contributed by atoms with Crippen LogP contribution >= 0.6 is 0 Å². The molecule has 3 aliphatic rings. The Hall–Kier alpha value is -3.37.